The van der Waals surface area contributed by atoms with Crippen molar-refractivity contribution in [3.63, 3.8) is 0 Å². The van der Waals surface area contributed by atoms with E-state index in [4.69, 9.17) is 0 Å². The van der Waals surface area contributed by atoms with Crippen LogP contribution in [-0.2, 0) is 16.1 Å². The molecule has 6 heteroatoms. The second-order valence-electron chi connectivity index (χ2n) is 8.20. The smallest absolute Gasteiger partial charge is 0.237 e. The highest BCUT2D eigenvalue weighted by Gasteiger charge is 2.37. The van der Waals surface area contributed by atoms with Gasteiger partial charge in [-0.25, -0.2) is 0 Å². The summed E-state index contributed by atoms with van der Waals surface area (Å²) in [6, 6.07) is 5.67. The number of nitrogens with one attached hydrogen (secondary N) is 1. The minimum atomic E-state index is -0.0907. The number of nitrogens with zero attached hydrogens (tertiary/aromatic N) is 3. The summed E-state index contributed by atoms with van der Waals surface area (Å²) in [6.45, 7) is 7.53. The number of pyridine rings is 1. The maximum absolute atomic E-state index is 13.1. The van der Waals surface area contributed by atoms with Crippen molar-refractivity contribution in [2.75, 3.05) is 26.2 Å². The van der Waals surface area contributed by atoms with Crippen molar-refractivity contribution in [1.82, 2.24) is 20.1 Å². The van der Waals surface area contributed by atoms with E-state index in [0.717, 1.165) is 51.1 Å². The molecule has 2 atom stereocenters. The van der Waals surface area contributed by atoms with Crippen molar-refractivity contribution in [2.45, 2.75) is 58.5 Å². The Morgan fingerprint density at radius 2 is 1.89 bits per heavy atom. The van der Waals surface area contributed by atoms with Crippen LogP contribution in [0.25, 0.3) is 0 Å². The molecule has 1 aromatic heterocycles. The number of carbonyl (C=O) groups excluding carboxylic acids is 2. The topological polar surface area (TPSA) is 65.5 Å². The Labute approximate surface area is 168 Å². The molecule has 2 aliphatic rings. The highest BCUT2D eigenvalue weighted by Crippen LogP contribution is 2.31. The Morgan fingerprint density at radius 1 is 1.18 bits per heavy atom. The van der Waals surface area contributed by atoms with Gasteiger partial charge in [0.15, 0.2) is 0 Å². The second kappa shape index (κ2) is 10.0. The van der Waals surface area contributed by atoms with Gasteiger partial charge in [0.1, 0.15) is 0 Å². The predicted molar refractivity (Wildman–Crippen MR) is 109 cm³/mol. The van der Waals surface area contributed by atoms with Gasteiger partial charge in [-0.3, -0.25) is 19.5 Å². The molecule has 2 amide bonds. The molecule has 1 aliphatic heterocycles. The van der Waals surface area contributed by atoms with E-state index in [1.54, 1.807) is 6.20 Å². The molecule has 2 fully saturated rings. The fraction of sp³-hybridized carbons (Fsp3) is 0.682. The lowest BCUT2D eigenvalue weighted by atomic mass is 9.94. The number of piperazine rings is 1. The van der Waals surface area contributed by atoms with Gasteiger partial charge in [-0.2, -0.15) is 0 Å². The third kappa shape index (κ3) is 5.10. The lowest BCUT2D eigenvalue weighted by Crippen LogP contribution is -2.58. The Hall–Kier alpha value is -1.95. The number of aromatic nitrogens is 1. The van der Waals surface area contributed by atoms with Crippen molar-refractivity contribution in [3.8, 4) is 0 Å². The minimum Gasteiger partial charge on any atom is -0.349 e. The van der Waals surface area contributed by atoms with Crippen LogP contribution in [0.2, 0.25) is 0 Å². The highest BCUT2D eigenvalue weighted by atomic mass is 16.2. The first-order valence-corrected chi connectivity index (χ1v) is 10.8. The van der Waals surface area contributed by atoms with Crippen LogP contribution in [0.3, 0.4) is 0 Å². The van der Waals surface area contributed by atoms with Crippen LogP contribution in [0, 0.1) is 11.8 Å². The van der Waals surface area contributed by atoms with E-state index >= 15 is 0 Å². The lowest BCUT2D eigenvalue weighted by molar-refractivity contribution is -0.138. The summed E-state index contributed by atoms with van der Waals surface area (Å²) >= 11 is 0. The molecule has 0 radical (unpaired) electrons. The molecule has 1 saturated carbocycles. The van der Waals surface area contributed by atoms with Gasteiger partial charge in [0, 0.05) is 38.3 Å². The van der Waals surface area contributed by atoms with Gasteiger partial charge in [-0.15, -0.1) is 0 Å². The number of rotatable bonds is 7. The van der Waals surface area contributed by atoms with Gasteiger partial charge >= 0.3 is 0 Å². The van der Waals surface area contributed by atoms with Crippen LogP contribution in [0.4, 0.5) is 0 Å². The summed E-state index contributed by atoms with van der Waals surface area (Å²) in [4.78, 5) is 34.2. The van der Waals surface area contributed by atoms with Crippen molar-refractivity contribution in [3.05, 3.63) is 30.1 Å². The fourth-order valence-electron chi connectivity index (χ4n) is 4.44. The Balaban J connectivity index is 1.60. The molecule has 0 bridgehead atoms. The summed E-state index contributed by atoms with van der Waals surface area (Å²) < 4.78 is 0. The van der Waals surface area contributed by atoms with Crippen LogP contribution in [0.15, 0.2) is 24.4 Å². The second-order valence-corrected chi connectivity index (χ2v) is 8.20. The van der Waals surface area contributed by atoms with E-state index in [1.807, 2.05) is 30.0 Å². The zero-order valence-corrected chi connectivity index (χ0v) is 17.3. The molecule has 154 valence electrons. The van der Waals surface area contributed by atoms with Crippen molar-refractivity contribution >= 4 is 11.8 Å². The third-order valence-electron chi connectivity index (χ3n) is 6.34. The first-order chi connectivity index (χ1) is 13.6. The molecule has 1 aliphatic carbocycles. The van der Waals surface area contributed by atoms with E-state index < -0.39 is 0 Å². The monoisotopic (exact) mass is 386 g/mol. The number of hydrogen-bond donors (Lipinski definition) is 1. The van der Waals surface area contributed by atoms with E-state index in [2.05, 4.69) is 22.1 Å². The van der Waals surface area contributed by atoms with Crippen LogP contribution < -0.4 is 5.32 Å². The van der Waals surface area contributed by atoms with Gasteiger partial charge < -0.3 is 10.2 Å². The van der Waals surface area contributed by atoms with Crippen molar-refractivity contribution in [1.29, 1.82) is 0 Å². The maximum atomic E-state index is 13.1. The number of hydrogen-bond acceptors (Lipinski definition) is 4. The SMILES string of the molecule is CC[C@@H](C)C(=O)N1CCN([C@@H](C(=O)NCc2ccccn2)C2CCCC2)CC1. The van der Waals surface area contributed by atoms with Gasteiger partial charge in [0.05, 0.1) is 18.3 Å². The molecule has 1 aromatic rings. The van der Waals surface area contributed by atoms with E-state index in [1.165, 1.54) is 12.8 Å². The summed E-state index contributed by atoms with van der Waals surface area (Å²) in [6.07, 6.45) is 7.28. The van der Waals surface area contributed by atoms with Crippen LogP contribution in [0.5, 0.6) is 0 Å². The van der Waals surface area contributed by atoms with Gasteiger partial charge in [0.2, 0.25) is 11.8 Å². The van der Waals surface area contributed by atoms with Crippen LogP contribution >= 0.6 is 0 Å². The normalized spacial score (nSPS) is 20.7. The molecule has 0 aromatic carbocycles. The van der Waals surface area contributed by atoms with Crippen molar-refractivity contribution in [2.24, 2.45) is 11.8 Å². The Bertz CT molecular complexity index is 637. The Kier molecular flexibility index (Phi) is 7.43. The summed E-state index contributed by atoms with van der Waals surface area (Å²) in [5.41, 5.74) is 0.880. The molecule has 0 unspecified atom stereocenters. The molecular weight excluding hydrogens is 352 g/mol. The average Bonchev–Trinajstić information content (AvgIpc) is 3.27. The molecule has 0 spiro atoms. The largest absolute Gasteiger partial charge is 0.349 e. The predicted octanol–water partition coefficient (Wildman–Crippen LogP) is 2.45. The number of carbonyl (C=O) groups is 2. The zero-order valence-electron chi connectivity index (χ0n) is 17.3. The summed E-state index contributed by atoms with van der Waals surface area (Å²) in [5.74, 6) is 0.859. The third-order valence-corrected chi connectivity index (χ3v) is 6.34. The van der Waals surface area contributed by atoms with Gasteiger partial charge in [-0.1, -0.05) is 32.8 Å². The van der Waals surface area contributed by atoms with Crippen molar-refractivity contribution < 1.29 is 9.59 Å². The molecule has 3 rings (SSSR count). The quantitative estimate of drug-likeness (QED) is 0.782. The Morgan fingerprint density at radius 3 is 2.50 bits per heavy atom. The van der Waals surface area contributed by atoms with Gasteiger partial charge in [0.25, 0.3) is 0 Å². The molecule has 28 heavy (non-hydrogen) atoms. The zero-order chi connectivity index (χ0) is 19.9. The van der Waals surface area contributed by atoms with E-state index in [0.29, 0.717) is 12.5 Å². The summed E-state index contributed by atoms with van der Waals surface area (Å²) in [7, 11) is 0. The molecular formula is C22H34N4O2. The van der Waals surface area contributed by atoms with Crippen LogP contribution in [-0.4, -0.2) is 58.8 Å². The first kappa shape index (κ1) is 20.8. The van der Waals surface area contributed by atoms with Crippen LogP contribution in [0.1, 0.15) is 51.6 Å². The molecule has 1 N–H and O–H groups in total. The van der Waals surface area contributed by atoms with Gasteiger partial charge in [-0.05, 0) is 37.3 Å². The number of amides is 2. The van der Waals surface area contributed by atoms with E-state index in [-0.39, 0.29) is 23.8 Å². The highest BCUT2D eigenvalue weighted by molar-refractivity contribution is 5.82. The molecule has 6 nitrogen and oxygen atoms in total. The molecule has 1 saturated heterocycles. The maximum Gasteiger partial charge on any atom is 0.237 e. The fourth-order valence-corrected chi connectivity index (χ4v) is 4.44. The average molecular weight is 387 g/mol. The minimum absolute atomic E-state index is 0.0823. The van der Waals surface area contributed by atoms with E-state index in [9.17, 15) is 9.59 Å². The molecule has 2 heterocycles. The standard InChI is InChI=1S/C22H34N4O2/c1-3-17(2)22(28)26-14-12-25(13-15-26)20(18-8-4-5-9-18)21(27)24-16-19-10-6-7-11-23-19/h6-7,10-11,17-18,20H,3-5,8-9,12-16H2,1-2H3,(H,24,27)/t17-,20-/m1/s1. The lowest BCUT2D eigenvalue weighted by Gasteiger charge is -2.41. The first-order valence-electron chi connectivity index (χ1n) is 10.8. The summed E-state index contributed by atoms with van der Waals surface area (Å²) in [5, 5.41) is 3.11.